The largest absolute Gasteiger partial charge is 0.484 e. The number of aromatic amines is 1. The van der Waals surface area contributed by atoms with Crippen molar-refractivity contribution >= 4 is 28.5 Å². The summed E-state index contributed by atoms with van der Waals surface area (Å²) in [5.41, 5.74) is 1.93. The van der Waals surface area contributed by atoms with Gasteiger partial charge in [-0.15, -0.1) is 0 Å². The molecule has 0 saturated heterocycles. The van der Waals surface area contributed by atoms with Gasteiger partial charge in [0.25, 0.3) is 5.91 Å². The predicted molar refractivity (Wildman–Crippen MR) is 89.8 cm³/mol. The number of para-hydroxylation sites is 2. The van der Waals surface area contributed by atoms with Crippen LogP contribution in [0.15, 0.2) is 48.5 Å². The first-order valence-corrected chi connectivity index (χ1v) is 7.67. The lowest BCUT2D eigenvalue weighted by molar-refractivity contribution is -0.123. The van der Waals surface area contributed by atoms with Crippen molar-refractivity contribution in [3.8, 4) is 5.75 Å². The number of carbonyl (C=O) groups is 1. The molecule has 1 aromatic heterocycles. The highest BCUT2D eigenvalue weighted by atomic mass is 35.5. The molecule has 0 spiro atoms. The van der Waals surface area contributed by atoms with E-state index in [-0.39, 0.29) is 12.5 Å². The van der Waals surface area contributed by atoms with E-state index in [0.29, 0.717) is 23.7 Å². The lowest BCUT2D eigenvalue weighted by Gasteiger charge is -2.06. The van der Waals surface area contributed by atoms with Crippen LogP contribution in [0.3, 0.4) is 0 Å². The molecule has 2 aromatic carbocycles. The number of imidazole rings is 1. The van der Waals surface area contributed by atoms with E-state index in [0.717, 1.165) is 16.9 Å². The Hall–Kier alpha value is -2.53. The zero-order valence-electron chi connectivity index (χ0n) is 12.4. The first kappa shape index (κ1) is 15.4. The molecule has 0 radical (unpaired) electrons. The highest BCUT2D eigenvalue weighted by Gasteiger charge is 2.05. The van der Waals surface area contributed by atoms with Crippen LogP contribution in [-0.2, 0) is 11.2 Å². The molecule has 118 valence electrons. The zero-order chi connectivity index (χ0) is 16.1. The number of hydrogen-bond acceptors (Lipinski definition) is 3. The number of fused-ring (bicyclic) bond motifs is 1. The number of aromatic nitrogens is 2. The minimum atomic E-state index is -0.170. The third-order valence-electron chi connectivity index (χ3n) is 3.31. The second-order valence-corrected chi connectivity index (χ2v) is 5.48. The van der Waals surface area contributed by atoms with Crippen LogP contribution in [0.4, 0.5) is 0 Å². The Bertz CT molecular complexity index is 766. The molecule has 0 atom stereocenters. The van der Waals surface area contributed by atoms with Gasteiger partial charge in [-0.25, -0.2) is 4.98 Å². The molecule has 0 aliphatic rings. The maximum absolute atomic E-state index is 11.8. The second-order valence-electron chi connectivity index (χ2n) is 5.04. The lowest BCUT2D eigenvalue weighted by atomic mass is 10.3. The molecule has 23 heavy (non-hydrogen) atoms. The van der Waals surface area contributed by atoms with E-state index in [4.69, 9.17) is 16.3 Å². The molecule has 0 aliphatic carbocycles. The van der Waals surface area contributed by atoms with Crippen molar-refractivity contribution in [2.75, 3.05) is 13.2 Å². The summed E-state index contributed by atoms with van der Waals surface area (Å²) in [5.74, 6) is 1.29. The number of ether oxygens (including phenoxy) is 1. The normalized spacial score (nSPS) is 10.7. The maximum Gasteiger partial charge on any atom is 0.257 e. The fourth-order valence-electron chi connectivity index (χ4n) is 2.18. The number of H-pyrrole nitrogens is 1. The number of halogens is 1. The number of hydrogen-bond donors (Lipinski definition) is 2. The van der Waals surface area contributed by atoms with E-state index in [2.05, 4.69) is 15.3 Å². The van der Waals surface area contributed by atoms with Crippen LogP contribution in [0, 0.1) is 0 Å². The van der Waals surface area contributed by atoms with Crippen molar-refractivity contribution in [3.05, 3.63) is 59.4 Å². The van der Waals surface area contributed by atoms with Gasteiger partial charge >= 0.3 is 0 Å². The van der Waals surface area contributed by atoms with E-state index >= 15 is 0 Å². The third kappa shape index (κ3) is 4.23. The number of rotatable bonds is 6. The van der Waals surface area contributed by atoms with E-state index in [1.807, 2.05) is 24.3 Å². The molecule has 2 N–H and O–H groups in total. The summed E-state index contributed by atoms with van der Waals surface area (Å²) in [4.78, 5) is 19.4. The molecule has 3 rings (SSSR count). The van der Waals surface area contributed by atoms with Crippen molar-refractivity contribution < 1.29 is 9.53 Å². The van der Waals surface area contributed by atoms with Crippen molar-refractivity contribution in [3.63, 3.8) is 0 Å². The summed E-state index contributed by atoms with van der Waals surface area (Å²) in [5, 5.41) is 3.44. The van der Waals surface area contributed by atoms with Crippen LogP contribution in [-0.4, -0.2) is 29.0 Å². The monoisotopic (exact) mass is 329 g/mol. The smallest absolute Gasteiger partial charge is 0.257 e. The Labute approximate surface area is 138 Å². The quantitative estimate of drug-likeness (QED) is 0.730. The maximum atomic E-state index is 11.8. The molecular formula is C17H16ClN3O2. The van der Waals surface area contributed by atoms with Crippen LogP contribution >= 0.6 is 11.6 Å². The fraction of sp³-hybridized carbons (Fsp3) is 0.176. The van der Waals surface area contributed by atoms with Crippen LogP contribution in [0.1, 0.15) is 5.82 Å². The fourth-order valence-corrected chi connectivity index (χ4v) is 2.30. The SMILES string of the molecule is O=C(COc1ccc(Cl)cc1)NCCc1nc2ccccc2[nH]1. The van der Waals surface area contributed by atoms with Gasteiger partial charge in [0.2, 0.25) is 0 Å². The minimum absolute atomic E-state index is 0.0260. The molecule has 3 aromatic rings. The Kier molecular flexibility index (Phi) is 4.78. The average molecular weight is 330 g/mol. The number of amides is 1. The predicted octanol–water partition coefficient (Wildman–Crippen LogP) is 2.95. The highest BCUT2D eigenvalue weighted by Crippen LogP contribution is 2.15. The topological polar surface area (TPSA) is 67.0 Å². The van der Waals surface area contributed by atoms with Gasteiger partial charge in [0.15, 0.2) is 6.61 Å². The molecule has 0 fully saturated rings. The van der Waals surface area contributed by atoms with Crippen LogP contribution < -0.4 is 10.1 Å². The van der Waals surface area contributed by atoms with Gasteiger partial charge in [-0.1, -0.05) is 23.7 Å². The number of nitrogens with zero attached hydrogens (tertiary/aromatic N) is 1. The standard InChI is InChI=1S/C17H16ClN3O2/c18-12-5-7-13(8-6-12)23-11-17(22)19-10-9-16-20-14-3-1-2-4-15(14)21-16/h1-8H,9-11H2,(H,19,22)(H,20,21). The molecule has 1 heterocycles. The number of benzene rings is 2. The molecule has 0 bridgehead atoms. The van der Waals surface area contributed by atoms with Gasteiger partial charge in [0.05, 0.1) is 11.0 Å². The highest BCUT2D eigenvalue weighted by molar-refractivity contribution is 6.30. The molecule has 0 unspecified atom stereocenters. The van der Waals surface area contributed by atoms with Crippen LogP contribution in [0.2, 0.25) is 5.02 Å². The summed E-state index contributed by atoms with van der Waals surface area (Å²) in [6.45, 7) is 0.477. The zero-order valence-corrected chi connectivity index (χ0v) is 13.1. The Morgan fingerprint density at radius 3 is 2.74 bits per heavy atom. The summed E-state index contributed by atoms with van der Waals surface area (Å²) < 4.78 is 5.38. The molecule has 0 aliphatic heterocycles. The van der Waals surface area contributed by atoms with Gasteiger partial charge in [-0.05, 0) is 36.4 Å². The van der Waals surface area contributed by atoms with Crippen LogP contribution in [0.5, 0.6) is 5.75 Å². The van der Waals surface area contributed by atoms with E-state index in [1.54, 1.807) is 24.3 Å². The van der Waals surface area contributed by atoms with Gasteiger partial charge in [0.1, 0.15) is 11.6 Å². The van der Waals surface area contributed by atoms with Gasteiger partial charge < -0.3 is 15.0 Å². The van der Waals surface area contributed by atoms with Crippen LogP contribution in [0.25, 0.3) is 11.0 Å². The van der Waals surface area contributed by atoms with Crippen molar-refractivity contribution in [1.29, 1.82) is 0 Å². The van der Waals surface area contributed by atoms with Gasteiger partial charge in [0, 0.05) is 18.0 Å². The van der Waals surface area contributed by atoms with Crippen molar-refractivity contribution in [1.82, 2.24) is 15.3 Å². The Morgan fingerprint density at radius 1 is 1.17 bits per heavy atom. The molecular weight excluding hydrogens is 314 g/mol. The van der Waals surface area contributed by atoms with Crippen molar-refractivity contribution in [2.45, 2.75) is 6.42 Å². The van der Waals surface area contributed by atoms with E-state index < -0.39 is 0 Å². The summed E-state index contributed by atoms with van der Waals surface area (Å²) in [6, 6.07) is 14.7. The van der Waals surface area contributed by atoms with Crippen molar-refractivity contribution in [2.24, 2.45) is 0 Å². The molecule has 5 nitrogen and oxygen atoms in total. The van der Waals surface area contributed by atoms with Gasteiger partial charge in [-0.3, -0.25) is 4.79 Å². The summed E-state index contributed by atoms with van der Waals surface area (Å²) in [6.07, 6.45) is 0.640. The molecule has 6 heteroatoms. The molecule has 0 saturated carbocycles. The lowest BCUT2D eigenvalue weighted by Crippen LogP contribution is -2.30. The number of nitrogens with one attached hydrogen (secondary N) is 2. The number of carbonyl (C=O) groups excluding carboxylic acids is 1. The Balaban J connectivity index is 1.43. The summed E-state index contributed by atoms with van der Waals surface area (Å²) >= 11 is 5.79. The summed E-state index contributed by atoms with van der Waals surface area (Å²) in [7, 11) is 0. The second kappa shape index (κ2) is 7.15. The minimum Gasteiger partial charge on any atom is -0.484 e. The molecule has 1 amide bonds. The first-order chi connectivity index (χ1) is 11.2. The van der Waals surface area contributed by atoms with E-state index in [9.17, 15) is 4.79 Å². The Morgan fingerprint density at radius 2 is 1.96 bits per heavy atom. The van der Waals surface area contributed by atoms with E-state index in [1.165, 1.54) is 0 Å². The third-order valence-corrected chi connectivity index (χ3v) is 3.56. The average Bonchev–Trinajstić information content (AvgIpc) is 2.97. The first-order valence-electron chi connectivity index (χ1n) is 7.29. The van der Waals surface area contributed by atoms with Gasteiger partial charge in [-0.2, -0.15) is 0 Å².